The standard InChI is InChI=1S/C91H128Cl2N24O18S/c1-11-13-23-70-84(129)106-62(22-18-32-99-91(96)97)80(125)111-69(79(124)102-43-74(95)120)46-136-47-76(122)105-66(35-52-20-16-15-17-21-52)87(132)114(8)51(6)78(123)108-67(39-73(94)119)88(133)117-33-19-25-71(117)85(130)107-64(38-56-41-98-48-103-56)82(127)109-65(34-49(3)4)86(131)113(7)44-75(121)104-63(29-26-53-40-100-60-30-27-54(92)36-57(53)60)81(126)110-68(45-118)83(128)112-77(50(5)59-42-101-61-31-28-55(93)37-58(59)61)90(135)116(10)72(24-14-12-2)89(134)115(70)9/h15-17,20-21,27-28,30-31,36-37,40-42,48-51,62-72,77,100-101,118H,11-14,18-19,22-26,29,32-35,38-39,43-47H2,1-10H3,(H2,94,119)(H2,95,120)(H,98,103)(H,102,124)(H,104,121)(H,105,122)(H,106,129)(H,107,130)(H,108,123)(H,109,127)(H,110,126)(H,111,125)(H,112,128)(H4,96,97,99)/t50?,51-,62-,63-,64-,65-,66-,67-,68-,69-,70-,71-,72-,77-/m0/s1. The Balaban J connectivity index is 1.20. The number of unbranched alkanes of at least 4 members (excludes halogenated alkanes) is 2. The van der Waals surface area contributed by atoms with E-state index in [0.717, 1.165) is 36.3 Å². The highest BCUT2D eigenvalue weighted by molar-refractivity contribution is 8.00. The Morgan fingerprint density at radius 2 is 1.18 bits per heavy atom. The van der Waals surface area contributed by atoms with E-state index in [1.165, 1.54) is 47.6 Å². The predicted octanol–water partition coefficient (Wildman–Crippen LogP) is 0.120. The van der Waals surface area contributed by atoms with Crippen LogP contribution in [0.2, 0.25) is 10.0 Å². The molecule has 0 saturated carbocycles. The quantitative estimate of drug-likeness (QED) is 0.0185. The monoisotopic (exact) mass is 1950 g/mol. The lowest BCUT2D eigenvalue weighted by molar-refractivity contribution is -0.150. The number of hydrogen-bond acceptors (Lipinski definition) is 21. The first-order chi connectivity index (χ1) is 64.6. The number of nitrogens with zero attached hydrogens (tertiary/aromatic N) is 6. The van der Waals surface area contributed by atoms with E-state index in [9.17, 15) is 62.6 Å². The molecule has 17 amide bonds. The number of aryl methyl sites for hydroxylation is 1. The third kappa shape index (κ3) is 31.1. The Hall–Kier alpha value is -12.9. The minimum atomic E-state index is -1.89. The molecule has 740 valence electrons. The minimum absolute atomic E-state index is 0.00678. The first kappa shape index (κ1) is 108. The highest BCUT2D eigenvalue weighted by Gasteiger charge is 2.45. The number of fused-ring (bicyclic) bond motifs is 3. The number of carbonyl (C=O) groups excluding carboxylic acids is 17. The summed E-state index contributed by atoms with van der Waals surface area (Å²) in [6.45, 7) is 7.45. The number of primary amides is 2. The SMILES string of the molecule is CCCC[C@H]1C(=O)N(C)[C@@H](CCCC)C(=O)N[C@@H](CCCNC(=N)N)C(=O)N[C@H](C(=O)NCC(N)=O)CSCC(=O)N[C@@H](Cc2ccccc2)C(=O)N(C)[C@@H](C)C(=O)N[C@@H](CC(N)=O)C(=O)N2CCC[C@H]2C(=O)N[C@@H](Cc2cnc[nH]2)C(=O)N[C@@H](CC(C)C)C(=O)N(C)CC(=O)N[C@@H](CCc2c[nH]c3ccc(Cl)cc23)C(=O)N[C@@H](CO)C(=O)N[C@@H](C(C)c2c[nH]c3ccc(Cl)cc23)C(=O)N1C. The number of aromatic nitrogens is 4. The average Bonchev–Trinajstić information content (AvgIpc) is 1.59. The molecule has 22 N–H and O–H groups in total. The number of halogens is 2. The Morgan fingerprint density at radius 1 is 0.581 bits per heavy atom. The third-order valence-electron chi connectivity index (χ3n) is 24.0. The Labute approximate surface area is 802 Å². The van der Waals surface area contributed by atoms with Crippen molar-refractivity contribution in [1.82, 2.24) is 103 Å². The first-order valence-electron chi connectivity index (χ1n) is 45.3. The van der Waals surface area contributed by atoms with Gasteiger partial charge in [0, 0.05) is 122 Å². The van der Waals surface area contributed by atoms with Crippen molar-refractivity contribution >= 4 is 163 Å². The second-order valence-electron chi connectivity index (χ2n) is 34.7. The summed E-state index contributed by atoms with van der Waals surface area (Å²) in [7, 11) is 5.22. The van der Waals surface area contributed by atoms with Gasteiger partial charge in [0.15, 0.2) is 5.96 Å². The van der Waals surface area contributed by atoms with Crippen LogP contribution in [0.3, 0.4) is 0 Å². The van der Waals surface area contributed by atoms with Crippen LogP contribution in [0.4, 0.5) is 0 Å². The zero-order chi connectivity index (χ0) is 99.9. The number of H-pyrrole nitrogens is 3. The third-order valence-corrected chi connectivity index (χ3v) is 25.5. The fraction of sp³-hybridized carbons (Fsp3) is 0.527. The van der Waals surface area contributed by atoms with Crippen LogP contribution in [0, 0.1) is 11.3 Å². The molecular weight excluding hydrogens is 1820 g/mol. The summed E-state index contributed by atoms with van der Waals surface area (Å²) in [5, 5.41) is 50.1. The molecule has 2 aliphatic rings. The van der Waals surface area contributed by atoms with Crippen LogP contribution in [-0.2, 0) is 101 Å². The van der Waals surface area contributed by atoms with Gasteiger partial charge in [-0.3, -0.25) is 86.9 Å². The van der Waals surface area contributed by atoms with Gasteiger partial charge in [0.25, 0.3) is 0 Å². The van der Waals surface area contributed by atoms with E-state index >= 15 is 24.0 Å². The number of aromatic amines is 3. The first-order valence-corrected chi connectivity index (χ1v) is 47.3. The number of amides is 17. The maximum absolute atomic E-state index is 16.0. The molecule has 3 aromatic heterocycles. The fourth-order valence-corrected chi connectivity index (χ4v) is 17.5. The maximum atomic E-state index is 16.0. The topological polar surface area (TPSA) is 621 Å². The van der Waals surface area contributed by atoms with E-state index in [1.54, 1.807) is 99.9 Å². The molecule has 14 atom stereocenters. The van der Waals surface area contributed by atoms with E-state index < -0.39 is 228 Å². The van der Waals surface area contributed by atoms with Crippen LogP contribution in [0.5, 0.6) is 0 Å². The molecular formula is C91H128Cl2N24O18S. The van der Waals surface area contributed by atoms with Gasteiger partial charge in [-0.2, -0.15) is 0 Å². The van der Waals surface area contributed by atoms with Crippen molar-refractivity contribution in [1.29, 1.82) is 5.41 Å². The molecule has 3 aromatic carbocycles. The number of likely N-dealkylation sites (N-methyl/N-ethyl adjacent to an activating group) is 4. The van der Waals surface area contributed by atoms with E-state index in [-0.39, 0.29) is 89.6 Å². The van der Waals surface area contributed by atoms with Gasteiger partial charge in [0.1, 0.15) is 78.5 Å². The molecule has 2 saturated heterocycles. The van der Waals surface area contributed by atoms with Crippen LogP contribution in [0.25, 0.3) is 21.8 Å². The largest absolute Gasteiger partial charge is 0.394 e. The fourth-order valence-electron chi connectivity index (χ4n) is 16.3. The van der Waals surface area contributed by atoms with Gasteiger partial charge in [-0.05, 0) is 124 Å². The molecule has 8 rings (SSSR count). The summed E-state index contributed by atoms with van der Waals surface area (Å²) >= 11 is 13.9. The Kier molecular flexibility index (Phi) is 41.7. The maximum Gasteiger partial charge on any atom is 0.246 e. The lowest BCUT2D eigenvalue weighted by Crippen LogP contribution is -2.61. The molecule has 0 bridgehead atoms. The van der Waals surface area contributed by atoms with Crippen LogP contribution >= 0.6 is 35.0 Å². The average molecular weight is 1950 g/mol. The van der Waals surface area contributed by atoms with Gasteiger partial charge < -0.3 is 120 Å². The van der Waals surface area contributed by atoms with Gasteiger partial charge >= 0.3 is 0 Å². The van der Waals surface area contributed by atoms with Crippen molar-refractivity contribution < 1.29 is 86.6 Å². The van der Waals surface area contributed by atoms with Crippen molar-refractivity contribution in [2.45, 2.75) is 229 Å². The molecule has 0 spiro atoms. The molecule has 42 nitrogen and oxygen atoms in total. The summed E-state index contributed by atoms with van der Waals surface area (Å²) < 4.78 is 0. The summed E-state index contributed by atoms with van der Waals surface area (Å²) in [5.74, 6) is -18.4. The molecule has 6 aromatic rings. The lowest BCUT2D eigenvalue weighted by atomic mass is 9.91. The number of aliphatic hydroxyl groups is 1. The van der Waals surface area contributed by atoms with Crippen molar-refractivity contribution in [3.8, 4) is 0 Å². The van der Waals surface area contributed by atoms with E-state index in [2.05, 4.69) is 78.4 Å². The van der Waals surface area contributed by atoms with Crippen molar-refractivity contribution in [3.05, 3.63) is 124 Å². The number of hydrogen-bond donors (Lipinski definition) is 19. The van der Waals surface area contributed by atoms with E-state index in [1.807, 2.05) is 13.8 Å². The lowest BCUT2D eigenvalue weighted by Gasteiger charge is -2.37. The van der Waals surface area contributed by atoms with Crippen LogP contribution in [-0.4, -0.2) is 307 Å². The Bertz CT molecular complexity index is 5240. The Morgan fingerprint density at radius 3 is 1.82 bits per heavy atom. The molecule has 136 heavy (non-hydrogen) atoms. The summed E-state index contributed by atoms with van der Waals surface area (Å²) in [5.41, 5.74) is 20.0. The summed E-state index contributed by atoms with van der Waals surface area (Å²) in [6.07, 6.45) is 6.19. The molecule has 1 unspecified atom stereocenters. The normalized spacial score (nSPS) is 23.4. The molecule has 2 aliphatic heterocycles. The molecule has 0 aliphatic carbocycles. The number of rotatable bonds is 27. The van der Waals surface area contributed by atoms with Gasteiger partial charge in [-0.1, -0.05) is 114 Å². The molecule has 5 heterocycles. The number of guanidine groups is 1. The molecule has 2 fully saturated rings. The number of carbonyl (C=O) groups is 17. The van der Waals surface area contributed by atoms with Crippen LogP contribution in [0.15, 0.2) is 91.6 Å². The number of thioether (sulfide) groups is 1. The zero-order valence-corrected chi connectivity index (χ0v) is 80.4. The van der Waals surface area contributed by atoms with Crippen molar-refractivity contribution in [2.24, 2.45) is 23.1 Å². The van der Waals surface area contributed by atoms with Gasteiger partial charge in [-0.15, -0.1) is 11.8 Å². The number of nitrogens with one attached hydrogen (secondary N) is 15. The number of nitrogens with two attached hydrogens (primary N) is 3. The van der Waals surface area contributed by atoms with Gasteiger partial charge in [0.2, 0.25) is 100 Å². The molecule has 45 heteroatoms. The number of imidazole rings is 1. The van der Waals surface area contributed by atoms with E-state index in [0.29, 0.717) is 79.9 Å². The molecule has 0 radical (unpaired) electrons. The zero-order valence-electron chi connectivity index (χ0n) is 78.1. The highest BCUT2D eigenvalue weighted by atomic mass is 35.5. The van der Waals surface area contributed by atoms with Crippen LogP contribution < -0.4 is 75.7 Å². The number of benzene rings is 3. The minimum Gasteiger partial charge on any atom is -0.394 e. The summed E-state index contributed by atoms with van der Waals surface area (Å²) in [4.78, 5) is 268. The van der Waals surface area contributed by atoms with E-state index in [4.69, 9.17) is 45.8 Å². The smallest absolute Gasteiger partial charge is 0.246 e. The predicted molar refractivity (Wildman–Crippen MR) is 509 cm³/mol. The second kappa shape index (κ2) is 52.3. The van der Waals surface area contributed by atoms with Crippen molar-refractivity contribution in [3.63, 3.8) is 0 Å². The van der Waals surface area contributed by atoms with Gasteiger partial charge in [0.05, 0.1) is 38.2 Å². The van der Waals surface area contributed by atoms with Gasteiger partial charge in [-0.25, -0.2) is 4.98 Å². The second-order valence-corrected chi connectivity index (χ2v) is 36.6. The van der Waals surface area contributed by atoms with Crippen LogP contribution in [0.1, 0.15) is 153 Å². The number of aliphatic hydroxyl groups excluding tert-OH is 1. The van der Waals surface area contributed by atoms with Crippen molar-refractivity contribution in [2.75, 3.05) is 72.5 Å². The summed E-state index contributed by atoms with van der Waals surface area (Å²) in [6, 6.07) is -1.50. The highest BCUT2D eigenvalue weighted by Crippen LogP contribution is 2.33.